The number of hydrogen-bond donors (Lipinski definition) is 2. The summed E-state index contributed by atoms with van der Waals surface area (Å²) in [5.74, 6) is 0. The van der Waals surface area contributed by atoms with Crippen molar-refractivity contribution in [1.29, 1.82) is 0 Å². The lowest BCUT2D eigenvalue weighted by Crippen LogP contribution is -2.26. The number of allylic oxidation sites excluding steroid dienone is 2. The van der Waals surface area contributed by atoms with Gasteiger partial charge in [0.25, 0.3) is 5.56 Å². The van der Waals surface area contributed by atoms with Crippen molar-refractivity contribution in [2.45, 2.75) is 19.3 Å². The van der Waals surface area contributed by atoms with E-state index in [1.807, 2.05) is 18.2 Å². The molecule has 0 amide bonds. The third kappa shape index (κ3) is 2.92. The highest BCUT2D eigenvalue weighted by Crippen LogP contribution is 2.18. The fourth-order valence-electron chi connectivity index (χ4n) is 2.21. The zero-order valence-corrected chi connectivity index (χ0v) is 12.1. The number of hydrazine groups is 1. The molecule has 0 radical (unpaired) electrons. The molecule has 1 heterocycles. The molecule has 0 fully saturated rings. The van der Waals surface area contributed by atoms with Crippen molar-refractivity contribution in [3.63, 3.8) is 0 Å². The van der Waals surface area contributed by atoms with Crippen molar-refractivity contribution in [2.75, 3.05) is 5.43 Å². The van der Waals surface area contributed by atoms with Crippen molar-refractivity contribution < 1.29 is 0 Å². The highest BCUT2D eigenvalue weighted by Gasteiger charge is 2.11. The summed E-state index contributed by atoms with van der Waals surface area (Å²) in [4.78, 5) is 12.3. The van der Waals surface area contributed by atoms with Crippen molar-refractivity contribution in [1.82, 2.24) is 15.2 Å². The SMILES string of the molecule is O=c1c(Cl)c(NNC2=CCCC2)cnn1-c1ccccc1. The average Bonchev–Trinajstić information content (AvgIpc) is 3.03. The number of nitrogens with zero attached hydrogens (tertiary/aromatic N) is 2. The highest BCUT2D eigenvalue weighted by atomic mass is 35.5. The first-order valence-electron chi connectivity index (χ1n) is 6.80. The van der Waals surface area contributed by atoms with Crippen LogP contribution in [0.2, 0.25) is 5.02 Å². The summed E-state index contributed by atoms with van der Waals surface area (Å²) in [6, 6.07) is 9.18. The summed E-state index contributed by atoms with van der Waals surface area (Å²) in [5, 5.41) is 4.26. The number of anilines is 1. The first-order chi connectivity index (χ1) is 10.3. The van der Waals surface area contributed by atoms with E-state index >= 15 is 0 Å². The Hall–Kier alpha value is -2.27. The number of nitrogens with one attached hydrogen (secondary N) is 2. The van der Waals surface area contributed by atoms with E-state index in [0.29, 0.717) is 11.4 Å². The van der Waals surface area contributed by atoms with Gasteiger partial charge in [-0.1, -0.05) is 35.9 Å². The minimum atomic E-state index is -0.352. The van der Waals surface area contributed by atoms with E-state index in [1.165, 1.54) is 4.68 Å². The quantitative estimate of drug-likeness (QED) is 0.853. The highest BCUT2D eigenvalue weighted by molar-refractivity contribution is 6.32. The van der Waals surface area contributed by atoms with Crippen LogP contribution >= 0.6 is 11.6 Å². The Kier molecular flexibility index (Phi) is 3.92. The van der Waals surface area contributed by atoms with Crippen LogP contribution in [0.1, 0.15) is 19.3 Å². The van der Waals surface area contributed by atoms with Gasteiger partial charge < -0.3 is 5.43 Å². The molecular weight excluding hydrogens is 288 g/mol. The molecule has 0 bridgehead atoms. The van der Waals surface area contributed by atoms with Crippen LogP contribution in [-0.4, -0.2) is 9.78 Å². The second-order valence-corrected chi connectivity index (χ2v) is 5.17. The molecule has 1 aliphatic carbocycles. The number of rotatable bonds is 4. The standard InChI is InChI=1S/C15H15ClN4O/c16-14-13(19-18-11-6-4-5-7-11)10-17-20(15(14)21)12-8-2-1-3-9-12/h1-3,6,8-10,18-19H,4-5,7H2. The molecule has 0 atom stereocenters. The molecule has 0 aliphatic heterocycles. The summed E-state index contributed by atoms with van der Waals surface area (Å²) in [6.45, 7) is 0. The number of para-hydroxylation sites is 1. The maximum Gasteiger partial charge on any atom is 0.292 e. The Balaban J connectivity index is 1.84. The zero-order chi connectivity index (χ0) is 14.7. The molecule has 3 rings (SSSR count). The lowest BCUT2D eigenvalue weighted by atomic mass is 10.3. The van der Waals surface area contributed by atoms with E-state index in [0.717, 1.165) is 25.0 Å². The minimum Gasteiger partial charge on any atom is -0.305 e. The van der Waals surface area contributed by atoms with Gasteiger partial charge in [0, 0.05) is 5.70 Å². The second kappa shape index (κ2) is 6.01. The molecule has 21 heavy (non-hydrogen) atoms. The smallest absolute Gasteiger partial charge is 0.292 e. The Morgan fingerprint density at radius 2 is 2.00 bits per heavy atom. The molecule has 108 valence electrons. The van der Waals surface area contributed by atoms with E-state index in [-0.39, 0.29) is 10.6 Å². The summed E-state index contributed by atoms with van der Waals surface area (Å²) in [5.41, 5.74) is 7.93. The average molecular weight is 303 g/mol. The van der Waals surface area contributed by atoms with Gasteiger partial charge >= 0.3 is 0 Å². The van der Waals surface area contributed by atoms with Crippen LogP contribution in [0.15, 0.2) is 53.1 Å². The number of aromatic nitrogens is 2. The van der Waals surface area contributed by atoms with Crippen molar-refractivity contribution in [2.24, 2.45) is 0 Å². The van der Waals surface area contributed by atoms with Crippen LogP contribution in [0.4, 0.5) is 5.69 Å². The Morgan fingerprint density at radius 1 is 1.19 bits per heavy atom. The minimum absolute atomic E-state index is 0.111. The van der Waals surface area contributed by atoms with Gasteiger partial charge in [-0.05, 0) is 31.4 Å². The Labute approximate surface area is 127 Å². The molecule has 2 aromatic rings. The van der Waals surface area contributed by atoms with E-state index in [9.17, 15) is 4.79 Å². The van der Waals surface area contributed by atoms with E-state index in [1.54, 1.807) is 18.3 Å². The molecule has 0 spiro atoms. The fraction of sp³-hybridized carbons (Fsp3) is 0.200. The van der Waals surface area contributed by atoms with E-state index in [2.05, 4.69) is 22.0 Å². The Bertz CT molecular complexity index is 724. The third-order valence-electron chi connectivity index (χ3n) is 3.32. The summed E-state index contributed by atoms with van der Waals surface area (Å²) in [7, 11) is 0. The van der Waals surface area contributed by atoms with E-state index in [4.69, 9.17) is 11.6 Å². The topological polar surface area (TPSA) is 59.0 Å². The molecule has 0 saturated carbocycles. The summed E-state index contributed by atoms with van der Waals surface area (Å²) < 4.78 is 1.28. The Morgan fingerprint density at radius 3 is 2.71 bits per heavy atom. The van der Waals surface area contributed by atoms with Crippen molar-refractivity contribution in [3.05, 3.63) is 63.7 Å². The fourth-order valence-corrected chi connectivity index (χ4v) is 2.38. The van der Waals surface area contributed by atoms with Gasteiger partial charge in [0.2, 0.25) is 0 Å². The van der Waals surface area contributed by atoms with Gasteiger partial charge in [-0.3, -0.25) is 10.2 Å². The van der Waals surface area contributed by atoms with E-state index < -0.39 is 0 Å². The van der Waals surface area contributed by atoms with Gasteiger partial charge in [0.15, 0.2) is 0 Å². The first kappa shape index (κ1) is 13.7. The van der Waals surface area contributed by atoms with Crippen LogP contribution in [-0.2, 0) is 0 Å². The predicted octanol–water partition coefficient (Wildman–Crippen LogP) is 2.87. The van der Waals surface area contributed by atoms with Crippen LogP contribution in [0.3, 0.4) is 0 Å². The van der Waals surface area contributed by atoms with Crippen LogP contribution in [0, 0.1) is 0 Å². The normalized spacial score (nSPS) is 13.9. The zero-order valence-electron chi connectivity index (χ0n) is 11.3. The lowest BCUT2D eigenvalue weighted by Gasteiger charge is -2.12. The predicted molar refractivity (Wildman–Crippen MR) is 83.5 cm³/mol. The van der Waals surface area contributed by atoms with Crippen LogP contribution < -0.4 is 16.4 Å². The molecule has 6 heteroatoms. The van der Waals surface area contributed by atoms with Gasteiger partial charge in [-0.2, -0.15) is 9.78 Å². The van der Waals surface area contributed by atoms with Gasteiger partial charge in [0.1, 0.15) is 5.02 Å². The van der Waals surface area contributed by atoms with Gasteiger partial charge in [0.05, 0.1) is 17.6 Å². The second-order valence-electron chi connectivity index (χ2n) is 4.80. The molecule has 1 aromatic heterocycles. The maximum atomic E-state index is 12.3. The number of benzene rings is 1. The van der Waals surface area contributed by atoms with Crippen LogP contribution in [0.5, 0.6) is 0 Å². The third-order valence-corrected chi connectivity index (χ3v) is 3.68. The van der Waals surface area contributed by atoms with Crippen molar-refractivity contribution in [3.8, 4) is 5.69 Å². The van der Waals surface area contributed by atoms with Gasteiger partial charge in [-0.15, -0.1) is 0 Å². The molecule has 2 N–H and O–H groups in total. The molecule has 0 saturated heterocycles. The first-order valence-corrected chi connectivity index (χ1v) is 7.18. The molecular formula is C15H15ClN4O. The molecule has 1 aliphatic rings. The summed E-state index contributed by atoms with van der Waals surface area (Å²) >= 11 is 6.14. The summed E-state index contributed by atoms with van der Waals surface area (Å²) in [6.07, 6.45) is 6.88. The largest absolute Gasteiger partial charge is 0.305 e. The number of halogens is 1. The van der Waals surface area contributed by atoms with Gasteiger partial charge in [-0.25, -0.2) is 0 Å². The lowest BCUT2D eigenvalue weighted by molar-refractivity contribution is 0.798. The molecule has 5 nitrogen and oxygen atoms in total. The monoisotopic (exact) mass is 302 g/mol. The molecule has 1 aromatic carbocycles. The maximum absolute atomic E-state index is 12.3. The molecule has 0 unspecified atom stereocenters. The van der Waals surface area contributed by atoms with Crippen LogP contribution in [0.25, 0.3) is 5.69 Å². The number of hydrogen-bond acceptors (Lipinski definition) is 4. The van der Waals surface area contributed by atoms with Crippen molar-refractivity contribution >= 4 is 17.3 Å².